The van der Waals surface area contributed by atoms with Crippen LogP contribution in [0.25, 0.3) is 0 Å². The van der Waals surface area contributed by atoms with Crippen molar-refractivity contribution < 1.29 is 9.53 Å². The van der Waals surface area contributed by atoms with E-state index in [0.717, 1.165) is 6.54 Å². The molecule has 0 spiro atoms. The van der Waals surface area contributed by atoms with Gasteiger partial charge in [-0.25, -0.2) is 4.79 Å². The summed E-state index contributed by atoms with van der Waals surface area (Å²) in [6, 6.07) is 9.10. The predicted octanol–water partition coefficient (Wildman–Crippen LogP) is 4.37. The van der Waals surface area contributed by atoms with Gasteiger partial charge in [-0.1, -0.05) is 69.6 Å². The van der Waals surface area contributed by atoms with Crippen LogP contribution in [-0.2, 0) is 4.74 Å². The lowest BCUT2D eigenvalue weighted by Crippen LogP contribution is -2.58. The maximum atomic E-state index is 11.8. The van der Waals surface area contributed by atoms with E-state index in [-0.39, 0.29) is 5.97 Å². The van der Waals surface area contributed by atoms with Gasteiger partial charge in [0, 0.05) is 6.54 Å². The number of hydrogen-bond donors (Lipinski definition) is 0. The third-order valence-electron chi connectivity index (χ3n) is 3.39. The van der Waals surface area contributed by atoms with Gasteiger partial charge in [0.25, 0.3) is 0 Å². The number of ether oxygens (including phenoxy) is 1. The van der Waals surface area contributed by atoms with Gasteiger partial charge in [0.05, 0.1) is 5.56 Å². The van der Waals surface area contributed by atoms with Gasteiger partial charge in [-0.15, -0.1) is 0 Å². The summed E-state index contributed by atoms with van der Waals surface area (Å²) in [6.45, 7) is 15.6. The Morgan fingerprint density at radius 3 is 2.05 bits per heavy atom. The molecule has 0 bridgehead atoms. The van der Waals surface area contributed by atoms with Crippen LogP contribution < -0.4 is 0 Å². The van der Waals surface area contributed by atoms with Gasteiger partial charge in [-0.3, -0.25) is 0 Å². The number of carbonyl (C=O) groups is 1. The van der Waals surface area contributed by atoms with Crippen LogP contribution in [0, 0.1) is 0 Å². The summed E-state index contributed by atoms with van der Waals surface area (Å²) in [6.07, 6.45) is 4.09. The molecule has 0 saturated carbocycles. The molecule has 5 heteroatoms. The summed E-state index contributed by atoms with van der Waals surface area (Å²) < 4.78 is 7.95. The van der Waals surface area contributed by atoms with Crippen LogP contribution in [0.15, 0.2) is 42.5 Å². The molecule has 22 heavy (non-hydrogen) atoms. The van der Waals surface area contributed by atoms with Gasteiger partial charge in [-0.05, 0) is 12.1 Å². The Kier molecular flexibility index (Phi) is 6.77. The third kappa shape index (κ3) is 6.29. The molecular weight excluding hydrogens is 306 g/mol. The molecule has 0 radical (unpaired) electrons. The van der Waals surface area contributed by atoms with Crippen LogP contribution in [0.4, 0.5) is 0 Å². The van der Waals surface area contributed by atoms with E-state index in [1.165, 1.54) is 0 Å². The molecule has 0 fully saturated rings. The molecule has 0 heterocycles. The molecule has 0 aliphatic carbocycles. The molecule has 0 amide bonds. The third-order valence-corrected chi connectivity index (χ3v) is 11.0. The first-order valence-electron chi connectivity index (χ1n) is 7.77. The Balaban J connectivity index is 2.48. The summed E-state index contributed by atoms with van der Waals surface area (Å²) in [5.74, 6) is -0.266. The lowest BCUT2D eigenvalue weighted by molar-refractivity contribution is 0.0549. The van der Waals surface area contributed by atoms with Gasteiger partial charge in [0.1, 0.15) is 23.1 Å². The molecule has 0 unspecified atom stereocenters. The van der Waals surface area contributed by atoms with Crippen molar-refractivity contribution in [2.45, 2.75) is 39.3 Å². The zero-order chi connectivity index (χ0) is 16.8. The summed E-state index contributed by atoms with van der Waals surface area (Å²) >= 11 is 0. The van der Waals surface area contributed by atoms with Crippen molar-refractivity contribution in [3.8, 4) is 0 Å². The van der Waals surface area contributed by atoms with E-state index >= 15 is 0 Å². The Morgan fingerprint density at radius 1 is 1.00 bits per heavy atom. The first-order chi connectivity index (χ1) is 10.1. The Labute approximate surface area is 137 Å². The van der Waals surface area contributed by atoms with Crippen molar-refractivity contribution in [2.24, 2.45) is 0 Å². The van der Waals surface area contributed by atoms with Gasteiger partial charge in [0.2, 0.25) is 0 Å². The second-order valence-corrected chi connectivity index (χ2v) is 17.6. The molecule has 1 aromatic rings. The predicted molar refractivity (Wildman–Crippen MR) is 99.3 cm³/mol. The van der Waals surface area contributed by atoms with E-state index in [4.69, 9.17) is 4.74 Å². The first-order valence-corrected chi connectivity index (χ1v) is 14.7. The molecule has 0 aromatic heterocycles. The Morgan fingerprint density at radius 2 is 1.55 bits per heavy atom. The number of nitrogens with zero attached hydrogens (tertiary/aromatic N) is 1. The summed E-state index contributed by atoms with van der Waals surface area (Å²) in [4.78, 5) is 11.8. The van der Waals surface area contributed by atoms with Crippen LogP contribution in [0.5, 0.6) is 0 Å². The monoisotopic (exact) mass is 335 g/mol. The highest BCUT2D eigenvalue weighted by atomic mass is 28.4. The molecule has 122 valence electrons. The van der Waals surface area contributed by atoms with E-state index in [1.54, 1.807) is 12.1 Å². The zero-order valence-electron chi connectivity index (χ0n) is 14.7. The highest BCUT2D eigenvalue weighted by Crippen LogP contribution is 2.19. The van der Waals surface area contributed by atoms with Crippen molar-refractivity contribution >= 4 is 22.4 Å². The minimum absolute atomic E-state index is 0.266. The second-order valence-electron chi connectivity index (χ2n) is 7.39. The minimum Gasteiger partial charge on any atom is -0.458 e. The zero-order valence-corrected chi connectivity index (χ0v) is 16.7. The fourth-order valence-corrected chi connectivity index (χ4v) is 11.9. The highest BCUT2D eigenvalue weighted by Gasteiger charge is 2.33. The second kappa shape index (κ2) is 7.90. The maximum Gasteiger partial charge on any atom is 0.338 e. The standard InChI is InChI=1S/C17H29NO2Si2/c1-21(2,3)18(22(4,5)6)14-10-11-15-20-17(19)16-12-8-7-9-13-16/h7-13H,14-15H2,1-6H3/b11-10-. The van der Waals surface area contributed by atoms with Gasteiger partial charge >= 0.3 is 5.97 Å². The van der Waals surface area contributed by atoms with Crippen LogP contribution in [0.1, 0.15) is 10.4 Å². The minimum atomic E-state index is -1.32. The van der Waals surface area contributed by atoms with Crippen molar-refractivity contribution in [1.29, 1.82) is 0 Å². The lowest BCUT2D eigenvalue weighted by Gasteiger charge is -2.42. The average molecular weight is 336 g/mol. The molecule has 0 aliphatic heterocycles. The molecule has 3 nitrogen and oxygen atoms in total. The Hall–Kier alpha value is -1.18. The largest absolute Gasteiger partial charge is 0.458 e. The van der Waals surface area contributed by atoms with Crippen LogP contribution in [-0.4, -0.2) is 39.8 Å². The van der Waals surface area contributed by atoms with Crippen LogP contribution >= 0.6 is 0 Å². The lowest BCUT2D eigenvalue weighted by atomic mass is 10.2. The fourth-order valence-electron chi connectivity index (χ4n) is 2.58. The number of benzene rings is 1. The van der Waals surface area contributed by atoms with Gasteiger partial charge in [0.15, 0.2) is 0 Å². The van der Waals surface area contributed by atoms with Crippen molar-refractivity contribution in [2.75, 3.05) is 13.2 Å². The number of esters is 1. The molecule has 0 aliphatic rings. The normalized spacial score (nSPS) is 12.9. The van der Waals surface area contributed by atoms with Crippen molar-refractivity contribution in [3.63, 3.8) is 0 Å². The smallest absolute Gasteiger partial charge is 0.338 e. The molecule has 1 rings (SSSR count). The summed E-state index contributed by atoms with van der Waals surface area (Å²) in [7, 11) is -2.64. The van der Waals surface area contributed by atoms with Crippen molar-refractivity contribution in [3.05, 3.63) is 48.0 Å². The van der Waals surface area contributed by atoms with Gasteiger partial charge < -0.3 is 8.97 Å². The number of rotatable bonds is 7. The quantitative estimate of drug-likeness (QED) is 0.421. The molecule has 0 atom stereocenters. The molecular formula is C17H29NO2Si2. The number of carbonyl (C=O) groups excluding carboxylic acids is 1. The SMILES string of the molecule is C[Si](C)(C)N(C/C=C\COC(=O)c1ccccc1)[Si](C)(C)C. The highest BCUT2D eigenvalue weighted by molar-refractivity contribution is 6.89. The van der Waals surface area contributed by atoms with E-state index in [9.17, 15) is 4.79 Å². The van der Waals surface area contributed by atoms with Crippen LogP contribution in [0.2, 0.25) is 39.3 Å². The average Bonchev–Trinajstić information content (AvgIpc) is 2.40. The van der Waals surface area contributed by atoms with Gasteiger partial charge in [-0.2, -0.15) is 0 Å². The van der Waals surface area contributed by atoms with Crippen LogP contribution in [0.3, 0.4) is 0 Å². The van der Waals surface area contributed by atoms with E-state index in [2.05, 4.69) is 49.6 Å². The van der Waals surface area contributed by atoms with E-state index in [1.807, 2.05) is 24.3 Å². The van der Waals surface area contributed by atoms with E-state index in [0.29, 0.717) is 12.2 Å². The molecule has 0 N–H and O–H groups in total. The molecule has 0 saturated heterocycles. The number of hydrogen-bond acceptors (Lipinski definition) is 3. The maximum absolute atomic E-state index is 11.8. The summed E-state index contributed by atoms with van der Waals surface area (Å²) in [5.41, 5.74) is 0.599. The summed E-state index contributed by atoms with van der Waals surface area (Å²) in [5, 5.41) is 0. The topological polar surface area (TPSA) is 29.5 Å². The Bertz CT molecular complexity index is 488. The fraction of sp³-hybridized carbons (Fsp3) is 0.471. The molecule has 1 aromatic carbocycles. The first kappa shape index (κ1) is 18.9. The van der Waals surface area contributed by atoms with E-state index < -0.39 is 16.5 Å². The van der Waals surface area contributed by atoms with Crippen molar-refractivity contribution in [1.82, 2.24) is 4.23 Å².